The summed E-state index contributed by atoms with van der Waals surface area (Å²) in [5, 5.41) is 23.7. The SMILES string of the molecule is CCCCc1ccc(-n2nnnc2S[C@@H](C)C(=O)Nc2ccc(C#N)cc2)cc1. The smallest absolute Gasteiger partial charge is 0.237 e. The lowest BCUT2D eigenvalue weighted by Crippen LogP contribution is -2.22. The number of hydrogen-bond acceptors (Lipinski definition) is 6. The van der Waals surface area contributed by atoms with E-state index in [0.29, 0.717) is 16.4 Å². The van der Waals surface area contributed by atoms with Crippen LogP contribution in [0.4, 0.5) is 5.69 Å². The normalized spacial score (nSPS) is 11.6. The van der Waals surface area contributed by atoms with E-state index in [9.17, 15) is 4.79 Å². The van der Waals surface area contributed by atoms with E-state index in [1.165, 1.54) is 17.3 Å². The molecule has 0 unspecified atom stereocenters. The first kappa shape index (κ1) is 20.6. The highest BCUT2D eigenvalue weighted by Gasteiger charge is 2.19. The largest absolute Gasteiger partial charge is 0.325 e. The standard InChI is InChI=1S/C21H22N6OS/c1-3-4-5-16-8-12-19(13-9-16)27-21(24-25-26-27)29-15(2)20(28)23-18-10-6-17(14-22)7-11-18/h6-13,15H,3-5H2,1-2H3,(H,23,28)/t15-/m0/s1. The van der Waals surface area contributed by atoms with Crippen molar-refractivity contribution >= 4 is 23.4 Å². The molecule has 0 aliphatic carbocycles. The topological polar surface area (TPSA) is 96.5 Å². The van der Waals surface area contributed by atoms with Gasteiger partial charge in [-0.15, -0.1) is 5.10 Å². The van der Waals surface area contributed by atoms with Crippen LogP contribution in [0.15, 0.2) is 53.7 Å². The minimum Gasteiger partial charge on any atom is -0.325 e. The molecular weight excluding hydrogens is 384 g/mol. The van der Waals surface area contributed by atoms with E-state index in [0.717, 1.165) is 24.9 Å². The fourth-order valence-electron chi connectivity index (χ4n) is 2.68. The molecule has 0 fully saturated rings. The molecule has 8 heteroatoms. The molecule has 0 saturated heterocycles. The summed E-state index contributed by atoms with van der Waals surface area (Å²) in [6.07, 6.45) is 3.38. The molecule has 0 bridgehead atoms. The van der Waals surface area contributed by atoms with Gasteiger partial charge in [-0.2, -0.15) is 9.94 Å². The molecule has 3 aromatic rings. The zero-order valence-electron chi connectivity index (χ0n) is 16.4. The molecule has 29 heavy (non-hydrogen) atoms. The van der Waals surface area contributed by atoms with Crippen LogP contribution in [0.1, 0.15) is 37.8 Å². The number of thioether (sulfide) groups is 1. The van der Waals surface area contributed by atoms with Crippen LogP contribution < -0.4 is 5.32 Å². The maximum atomic E-state index is 12.5. The van der Waals surface area contributed by atoms with Gasteiger partial charge < -0.3 is 5.32 Å². The van der Waals surface area contributed by atoms with Gasteiger partial charge in [-0.1, -0.05) is 37.2 Å². The summed E-state index contributed by atoms with van der Waals surface area (Å²) in [7, 11) is 0. The van der Waals surface area contributed by atoms with Crippen molar-refractivity contribution in [3.05, 3.63) is 59.7 Å². The van der Waals surface area contributed by atoms with Gasteiger partial charge in [0.15, 0.2) is 0 Å². The summed E-state index contributed by atoms with van der Waals surface area (Å²) in [5.74, 6) is -0.163. The molecule has 148 valence electrons. The number of nitrogens with zero attached hydrogens (tertiary/aromatic N) is 5. The Hall–Kier alpha value is -3.18. The van der Waals surface area contributed by atoms with E-state index < -0.39 is 5.25 Å². The third kappa shape index (κ3) is 5.42. The highest BCUT2D eigenvalue weighted by Crippen LogP contribution is 2.24. The summed E-state index contributed by atoms with van der Waals surface area (Å²) in [4.78, 5) is 12.5. The van der Waals surface area contributed by atoms with Crippen molar-refractivity contribution in [2.24, 2.45) is 0 Å². The number of hydrogen-bond donors (Lipinski definition) is 1. The Morgan fingerprint density at radius 1 is 1.21 bits per heavy atom. The van der Waals surface area contributed by atoms with Crippen LogP contribution in [-0.4, -0.2) is 31.4 Å². The summed E-state index contributed by atoms with van der Waals surface area (Å²) < 4.78 is 1.64. The predicted octanol–water partition coefficient (Wildman–Crippen LogP) is 4.00. The Bertz CT molecular complexity index is 991. The molecule has 1 amide bonds. The van der Waals surface area contributed by atoms with Gasteiger partial charge in [-0.05, 0) is 72.2 Å². The first-order valence-electron chi connectivity index (χ1n) is 9.46. The molecule has 1 atom stereocenters. The van der Waals surface area contributed by atoms with E-state index in [4.69, 9.17) is 5.26 Å². The van der Waals surface area contributed by atoms with Crippen LogP contribution in [0.2, 0.25) is 0 Å². The Morgan fingerprint density at radius 2 is 1.93 bits per heavy atom. The van der Waals surface area contributed by atoms with Crippen molar-refractivity contribution in [3.63, 3.8) is 0 Å². The maximum Gasteiger partial charge on any atom is 0.237 e. The predicted molar refractivity (Wildman–Crippen MR) is 113 cm³/mol. The van der Waals surface area contributed by atoms with Crippen LogP contribution in [0, 0.1) is 11.3 Å². The number of tetrazole rings is 1. The van der Waals surface area contributed by atoms with Crippen molar-refractivity contribution in [1.82, 2.24) is 20.2 Å². The highest BCUT2D eigenvalue weighted by atomic mass is 32.2. The Morgan fingerprint density at radius 3 is 2.59 bits per heavy atom. The second-order valence-corrected chi connectivity index (χ2v) is 7.89. The number of nitrogens with one attached hydrogen (secondary N) is 1. The van der Waals surface area contributed by atoms with E-state index in [2.05, 4.69) is 46.0 Å². The molecule has 0 saturated carbocycles. The van der Waals surface area contributed by atoms with Gasteiger partial charge >= 0.3 is 0 Å². The monoisotopic (exact) mass is 406 g/mol. The number of unbranched alkanes of at least 4 members (excludes halogenated alkanes) is 1. The first-order chi connectivity index (χ1) is 14.1. The van der Waals surface area contributed by atoms with E-state index in [-0.39, 0.29) is 5.91 Å². The third-order valence-corrected chi connectivity index (χ3v) is 5.41. The number of carbonyl (C=O) groups excluding carboxylic acids is 1. The van der Waals surface area contributed by atoms with Crippen molar-refractivity contribution < 1.29 is 4.79 Å². The summed E-state index contributed by atoms with van der Waals surface area (Å²) in [6.45, 7) is 3.98. The van der Waals surface area contributed by atoms with E-state index in [1.54, 1.807) is 35.9 Å². The quantitative estimate of drug-likeness (QED) is 0.568. The molecule has 0 aliphatic heterocycles. The maximum absolute atomic E-state index is 12.5. The number of benzene rings is 2. The second kappa shape index (κ2) is 9.85. The number of rotatable bonds is 8. The fraction of sp³-hybridized carbons (Fsp3) is 0.286. The molecule has 2 aromatic carbocycles. The molecule has 7 nitrogen and oxygen atoms in total. The van der Waals surface area contributed by atoms with Gasteiger partial charge in [-0.3, -0.25) is 4.79 Å². The summed E-state index contributed by atoms with van der Waals surface area (Å²) in [5.41, 5.74) is 3.33. The first-order valence-corrected chi connectivity index (χ1v) is 10.3. The van der Waals surface area contributed by atoms with Gasteiger partial charge in [0, 0.05) is 5.69 Å². The molecule has 1 aromatic heterocycles. The van der Waals surface area contributed by atoms with Crippen molar-refractivity contribution in [2.45, 2.75) is 43.5 Å². The summed E-state index contributed by atoms with van der Waals surface area (Å²) in [6, 6.07) is 17.0. The van der Waals surface area contributed by atoms with Crippen molar-refractivity contribution in [2.75, 3.05) is 5.32 Å². The van der Waals surface area contributed by atoms with Gasteiger partial charge in [0.25, 0.3) is 0 Å². The molecular formula is C21H22N6OS. The molecule has 0 aliphatic rings. The minimum absolute atomic E-state index is 0.163. The van der Waals surface area contributed by atoms with E-state index in [1.807, 2.05) is 12.1 Å². The molecule has 3 rings (SSSR count). The fourth-order valence-corrected chi connectivity index (χ4v) is 3.49. The van der Waals surface area contributed by atoms with Crippen LogP contribution in [0.25, 0.3) is 5.69 Å². The van der Waals surface area contributed by atoms with Crippen LogP contribution >= 0.6 is 11.8 Å². The Labute approximate surface area is 174 Å². The molecule has 0 spiro atoms. The van der Waals surface area contributed by atoms with Gasteiger partial charge in [0.2, 0.25) is 11.1 Å². The second-order valence-electron chi connectivity index (χ2n) is 6.58. The van der Waals surface area contributed by atoms with Crippen LogP contribution in [0.3, 0.4) is 0 Å². The number of aromatic nitrogens is 4. The number of nitriles is 1. The average Bonchev–Trinajstić information content (AvgIpc) is 3.21. The van der Waals surface area contributed by atoms with Crippen molar-refractivity contribution in [3.8, 4) is 11.8 Å². The highest BCUT2D eigenvalue weighted by molar-refractivity contribution is 8.00. The number of carbonyl (C=O) groups is 1. The van der Waals surface area contributed by atoms with Crippen LogP contribution in [0.5, 0.6) is 0 Å². The van der Waals surface area contributed by atoms with Crippen LogP contribution in [-0.2, 0) is 11.2 Å². The lowest BCUT2D eigenvalue weighted by Gasteiger charge is -2.12. The number of anilines is 1. The number of aryl methyl sites for hydroxylation is 1. The van der Waals surface area contributed by atoms with Gasteiger partial charge in [-0.25, -0.2) is 0 Å². The summed E-state index contributed by atoms with van der Waals surface area (Å²) >= 11 is 1.29. The Kier molecular flexibility index (Phi) is 6.98. The van der Waals surface area contributed by atoms with Gasteiger partial charge in [0.1, 0.15) is 0 Å². The molecule has 0 radical (unpaired) electrons. The number of amides is 1. The average molecular weight is 407 g/mol. The zero-order valence-corrected chi connectivity index (χ0v) is 17.2. The van der Waals surface area contributed by atoms with E-state index >= 15 is 0 Å². The van der Waals surface area contributed by atoms with Gasteiger partial charge in [0.05, 0.1) is 22.6 Å². The Balaban J connectivity index is 1.65. The lowest BCUT2D eigenvalue weighted by atomic mass is 10.1. The molecule has 1 heterocycles. The third-order valence-electron chi connectivity index (χ3n) is 4.37. The van der Waals surface area contributed by atoms with Crippen molar-refractivity contribution in [1.29, 1.82) is 5.26 Å². The lowest BCUT2D eigenvalue weighted by molar-refractivity contribution is -0.115. The zero-order chi connectivity index (χ0) is 20.6. The minimum atomic E-state index is -0.403. The molecule has 1 N–H and O–H groups in total.